The predicted octanol–water partition coefficient (Wildman–Crippen LogP) is 1.17. The molecule has 1 aromatic rings. The summed E-state index contributed by atoms with van der Waals surface area (Å²) in [5.74, 6) is 0.340. The molecule has 5 heteroatoms. The molecule has 0 saturated carbocycles. The number of hydrogen-bond donors (Lipinski definition) is 2. The van der Waals surface area contributed by atoms with Gasteiger partial charge in [0.25, 0.3) is 0 Å². The Morgan fingerprint density at radius 1 is 1.44 bits per heavy atom. The Bertz CT molecular complexity index is 342. The SMILES string of the molecule is CCCOCCOc1ncccc1C(=N)N. The van der Waals surface area contributed by atoms with Crippen molar-refractivity contribution in [3.63, 3.8) is 0 Å². The minimum absolute atomic E-state index is 0.0439. The first-order valence-corrected chi connectivity index (χ1v) is 5.25. The predicted molar refractivity (Wildman–Crippen MR) is 61.9 cm³/mol. The largest absolute Gasteiger partial charge is 0.475 e. The molecule has 0 amide bonds. The molecule has 5 nitrogen and oxygen atoms in total. The molecule has 0 radical (unpaired) electrons. The second-order valence-electron chi connectivity index (χ2n) is 3.23. The Hall–Kier alpha value is -1.62. The molecule has 1 heterocycles. The highest BCUT2D eigenvalue weighted by Gasteiger charge is 2.06. The third kappa shape index (κ3) is 3.86. The maximum absolute atomic E-state index is 7.35. The Morgan fingerprint density at radius 2 is 2.25 bits per heavy atom. The van der Waals surface area contributed by atoms with Gasteiger partial charge in [0, 0.05) is 12.8 Å². The fraction of sp³-hybridized carbons (Fsp3) is 0.455. The number of rotatable bonds is 7. The normalized spacial score (nSPS) is 10.1. The number of nitrogens with zero attached hydrogens (tertiary/aromatic N) is 1. The molecule has 1 rings (SSSR count). The number of nitrogens with one attached hydrogen (secondary N) is 1. The molecule has 88 valence electrons. The van der Waals surface area contributed by atoms with E-state index in [1.165, 1.54) is 0 Å². The van der Waals surface area contributed by atoms with Gasteiger partial charge in [-0.15, -0.1) is 0 Å². The summed E-state index contributed by atoms with van der Waals surface area (Å²) in [5.41, 5.74) is 5.91. The van der Waals surface area contributed by atoms with Crippen molar-refractivity contribution < 1.29 is 9.47 Å². The van der Waals surface area contributed by atoms with Gasteiger partial charge in [-0.2, -0.15) is 0 Å². The molecule has 0 spiro atoms. The highest BCUT2D eigenvalue weighted by Crippen LogP contribution is 2.12. The topological polar surface area (TPSA) is 81.2 Å². The van der Waals surface area contributed by atoms with Crippen LogP contribution in [-0.4, -0.2) is 30.6 Å². The van der Waals surface area contributed by atoms with E-state index in [-0.39, 0.29) is 5.84 Å². The molecule has 0 aliphatic heterocycles. The van der Waals surface area contributed by atoms with Crippen molar-refractivity contribution in [1.29, 1.82) is 5.41 Å². The summed E-state index contributed by atoms with van der Waals surface area (Å²) >= 11 is 0. The van der Waals surface area contributed by atoms with Crippen LogP contribution >= 0.6 is 0 Å². The zero-order chi connectivity index (χ0) is 11.8. The van der Waals surface area contributed by atoms with Crippen LogP contribution in [0.25, 0.3) is 0 Å². The van der Waals surface area contributed by atoms with E-state index in [1.54, 1.807) is 18.3 Å². The lowest BCUT2D eigenvalue weighted by Crippen LogP contribution is -2.15. The van der Waals surface area contributed by atoms with Crippen LogP contribution in [0.15, 0.2) is 18.3 Å². The van der Waals surface area contributed by atoms with Gasteiger partial charge in [-0.1, -0.05) is 6.92 Å². The Labute approximate surface area is 95.1 Å². The Morgan fingerprint density at radius 3 is 2.94 bits per heavy atom. The third-order valence-corrected chi connectivity index (χ3v) is 1.88. The van der Waals surface area contributed by atoms with E-state index < -0.39 is 0 Å². The van der Waals surface area contributed by atoms with Gasteiger partial charge in [0.2, 0.25) is 5.88 Å². The fourth-order valence-electron chi connectivity index (χ4n) is 1.15. The zero-order valence-corrected chi connectivity index (χ0v) is 9.40. The average Bonchev–Trinajstić information content (AvgIpc) is 2.29. The highest BCUT2D eigenvalue weighted by atomic mass is 16.5. The lowest BCUT2D eigenvalue weighted by Gasteiger charge is -2.08. The van der Waals surface area contributed by atoms with Crippen molar-refractivity contribution in [1.82, 2.24) is 4.98 Å². The van der Waals surface area contributed by atoms with Crippen LogP contribution in [-0.2, 0) is 4.74 Å². The second kappa shape index (κ2) is 6.79. The Kier molecular flexibility index (Phi) is 5.28. The van der Waals surface area contributed by atoms with Gasteiger partial charge >= 0.3 is 0 Å². The molecular weight excluding hydrogens is 206 g/mol. The molecule has 0 aromatic carbocycles. The lowest BCUT2D eigenvalue weighted by atomic mass is 10.2. The lowest BCUT2D eigenvalue weighted by molar-refractivity contribution is 0.0989. The molecule has 16 heavy (non-hydrogen) atoms. The number of ether oxygens (including phenoxy) is 2. The maximum atomic E-state index is 7.35. The Balaban J connectivity index is 2.44. The van der Waals surface area contributed by atoms with E-state index in [9.17, 15) is 0 Å². The first-order valence-electron chi connectivity index (χ1n) is 5.25. The first-order chi connectivity index (χ1) is 7.75. The van der Waals surface area contributed by atoms with E-state index in [1.807, 2.05) is 6.92 Å². The minimum atomic E-state index is -0.0439. The van der Waals surface area contributed by atoms with Crippen molar-refractivity contribution >= 4 is 5.84 Å². The monoisotopic (exact) mass is 223 g/mol. The quantitative estimate of drug-likeness (QED) is 0.413. The standard InChI is InChI=1S/C11H17N3O2/c1-2-6-15-7-8-16-11-9(10(12)13)4-3-5-14-11/h3-5H,2,6-8H2,1H3,(H3,12,13). The maximum Gasteiger partial charge on any atom is 0.224 e. The van der Waals surface area contributed by atoms with Crippen LogP contribution in [0.3, 0.4) is 0 Å². The number of nitrogens with two attached hydrogens (primary N) is 1. The van der Waals surface area contributed by atoms with Crippen molar-refractivity contribution in [2.75, 3.05) is 19.8 Å². The van der Waals surface area contributed by atoms with Crippen LogP contribution in [0.2, 0.25) is 0 Å². The highest BCUT2D eigenvalue weighted by molar-refractivity contribution is 5.96. The molecule has 0 bridgehead atoms. The summed E-state index contributed by atoms with van der Waals surface area (Å²) in [6, 6.07) is 3.43. The summed E-state index contributed by atoms with van der Waals surface area (Å²) < 4.78 is 10.7. The number of nitrogen functional groups attached to an aromatic ring is 1. The molecule has 0 saturated heterocycles. The van der Waals surface area contributed by atoms with Gasteiger partial charge < -0.3 is 15.2 Å². The zero-order valence-electron chi connectivity index (χ0n) is 9.40. The third-order valence-electron chi connectivity index (χ3n) is 1.88. The number of pyridine rings is 1. The molecule has 0 aliphatic rings. The van der Waals surface area contributed by atoms with Crippen molar-refractivity contribution in [2.45, 2.75) is 13.3 Å². The van der Waals surface area contributed by atoms with Gasteiger partial charge in [-0.05, 0) is 18.6 Å². The van der Waals surface area contributed by atoms with Crippen LogP contribution in [0.1, 0.15) is 18.9 Å². The number of hydrogen-bond acceptors (Lipinski definition) is 4. The van der Waals surface area contributed by atoms with Gasteiger partial charge in [0.1, 0.15) is 12.4 Å². The van der Waals surface area contributed by atoms with Crippen LogP contribution in [0, 0.1) is 5.41 Å². The summed E-state index contributed by atoms with van der Waals surface area (Å²) in [6.07, 6.45) is 2.59. The molecule has 0 fully saturated rings. The van der Waals surface area contributed by atoms with Crippen LogP contribution in [0.4, 0.5) is 0 Å². The van der Waals surface area contributed by atoms with E-state index in [0.29, 0.717) is 24.7 Å². The molecular formula is C11H17N3O2. The van der Waals surface area contributed by atoms with E-state index >= 15 is 0 Å². The number of amidine groups is 1. The van der Waals surface area contributed by atoms with E-state index in [4.69, 9.17) is 20.6 Å². The van der Waals surface area contributed by atoms with Crippen molar-refractivity contribution in [3.8, 4) is 5.88 Å². The van der Waals surface area contributed by atoms with Gasteiger partial charge in [-0.3, -0.25) is 5.41 Å². The van der Waals surface area contributed by atoms with Gasteiger partial charge in [-0.25, -0.2) is 4.98 Å². The summed E-state index contributed by atoms with van der Waals surface area (Å²) in [6.45, 7) is 3.71. The minimum Gasteiger partial charge on any atom is -0.475 e. The van der Waals surface area contributed by atoms with E-state index in [0.717, 1.165) is 13.0 Å². The molecule has 3 N–H and O–H groups in total. The average molecular weight is 223 g/mol. The molecule has 0 unspecified atom stereocenters. The fourth-order valence-corrected chi connectivity index (χ4v) is 1.15. The number of aromatic nitrogens is 1. The van der Waals surface area contributed by atoms with Crippen LogP contribution in [0.5, 0.6) is 5.88 Å². The van der Waals surface area contributed by atoms with Gasteiger partial charge in [0.05, 0.1) is 12.2 Å². The second-order valence-corrected chi connectivity index (χ2v) is 3.23. The summed E-state index contributed by atoms with van der Waals surface area (Å²) in [7, 11) is 0. The van der Waals surface area contributed by atoms with Crippen molar-refractivity contribution in [2.24, 2.45) is 5.73 Å². The smallest absolute Gasteiger partial charge is 0.224 e. The molecule has 0 aliphatic carbocycles. The molecule has 0 atom stereocenters. The van der Waals surface area contributed by atoms with Crippen LogP contribution < -0.4 is 10.5 Å². The summed E-state index contributed by atoms with van der Waals surface area (Å²) in [4.78, 5) is 4.02. The van der Waals surface area contributed by atoms with E-state index in [2.05, 4.69) is 4.98 Å². The first kappa shape index (κ1) is 12.4. The van der Waals surface area contributed by atoms with Crippen molar-refractivity contribution in [3.05, 3.63) is 23.9 Å². The van der Waals surface area contributed by atoms with Gasteiger partial charge in [0.15, 0.2) is 0 Å². The summed E-state index contributed by atoms with van der Waals surface area (Å²) in [5, 5.41) is 7.35. The molecule has 1 aromatic heterocycles.